The molecule has 0 amide bonds. The summed E-state index contributed by atoms with van der Waals surface area (Å²) < 4.78 is 11.1. The van der Waals surface area contributed by atoms with Crippen LogP contribution in [0.3, 0.4) is 0 Å². The SMILES string of the molecule is COCCOC1C(C)(C)CC(C)CC1(C)C. The molecule has 0 aromatic carbocycles. The lowest BCUT2D eigenvalue weighted by molar-refractivity contribution is -0.139. The van der Waals surface area contributed by atoms with Gasteiger partial charge in [-0.15, -0.1) is 0 Å². The lowest BCUT2D eigenvalue weighted by atomic mass is 9.59. The van der Waals surface area contributed by atoms with Crippen molar-refractivity contribution < 1.29 is 9.47 Å². The van der Waals surface area contributed by atoms with Gasteiger partial charge < -0.3 is 9.47 Å². The van der Waals surface area contributed by atoms with Crippen molar-refractivity contribution in [3.8, 4) is 0 Å². The summed E-state index contributed by atoms with van der Waals surface area (Å²) in [7, 11) is 1.72. The van der Waals surface area contributed by atoms with E-state index in [1.54, 1.807) is 7.11 Å². The van der Waals surface area contributed by atoms with Gasteiger partial charge in [-0.05, 0) is 29.6 Å². The Morgan fingerprint density at radius 2 is 1.50 bits per heavy atom. The molecule has 0 aromatic rings. The Morgan fingerprint density at radius 3 is 1.94 bits per heavy atom. The summed E-state index contributed by atoms with van der Waals surface area (Å²) in [4.78, 5) is 0. The van der Waals surface area contributed by atoms with Crippen LogP contribution < -0.4 is 0 Å². The monoisotopic (exact) mass is 228 g/mol. The van der Waals surface area contributed by atoms with Crippen molar-refractivity contribution >= 4 is 0 Å². The number of hydrogen-bond donors (Lipinski definition) is 0. The highest BCUT2D eigenvalue weighted by molar-refractivity contribution is 4.96. The number of ether oxygens (including phenoxy) is 2. The summed E-state index contributed by atoms with van der Waals surface area (Å²) in [6.07, 6.45) is 2.86. The van der Waals surface area contributed by atoms with Gasteiger partial charge in [0, 0.05) is 7.11 Å². The number of hydrogen-bond acceptors (Lipinski definition) is 2. The highest BCUT2D eigenvalue weighted by Crippen LogP contribution is 2.49. The van der Waals surface area contributed by atoms with Crippen LogP contribution in [0.2, 0.25) is 0 Å². The van der Waals surface area contributed by atoms with Crippen LogP contribution in [0, 0.1) is 16.7 Å². The molecule has 0 unspecified atom stereocenters. The molecule has 1 aliphatic rings. The summed E-state index contributed by atoms with van der Waals surface area (Å²) >= 11 is 0. The molecule has 2 nitrogen and oxygen atoms in total. The summed E-state index contributed by atoms with van der Waals surface area (Å²) in [6, 6.07) is 0. The predicted octanol–water partition coefficient (Wildman–Crippen LogP) is 3.50. The van der Waals surface area contributed by atoms with Crippen molar-refractivity contribution in [3.63, 3.8) is 0 Å². The summed E-state index contributed by atoms with van der Waals surface area (Å²) in [6.45, 7) is 13.1. The molecule has 0 bridgehead atoms. The first-order chi connectivity index (χ1) is 7.29. The fourth-order valence-corrected chi connectivity index (χ4v) is 3.84. The number of rotatable bonds is 4. The molecule has 96 valence electrons. The minimum atomic E-state index is 0.273. The van der Waals surface area contributed by atoms with Crippen LogP contribution in [0.15, 0.2) is 0 Å². The second-order valence-corrected chi connectivity index (χ2v) is 6.73. The molecule has 0 aliphatic heterocycles. The standard InChI is InChI=1S/C14H28O2/c1-11-9-13(2,3)12(14(4,5)10-11)16-8-7-15-6/h11-12H,7-10H2,1-6H3. The molecule has 0 radical (unpaired) electrons. The number of methoxy groups -OCH3 is 1. The molecule has 1 fully saturated rings. The maximum atomic E-state index is 6.08. The molecule has 1 aliphatic carbocycles. The molecule has 1 rings (SSSR count). The van der Waals surface area contributed by atoms with E-state index in [4.69, 9.17) is 9.47 Å². The van der Waals surface area contributed by atoms with E-state index >= 15 is 0 Å². The average Bonchev–Trinajstić information content (AvgIpc) is 2.07. The molecule has 0 spiro atoms. The van der Waals surface area contributed by atoms with Gasteiger partial charge in [-0.1, -0.05) is 34.6 Å². The van der Waals surface area contributed by atoms with Crippen LogP contribution in [0.5, 0.6) is 0 Å². The first kappa shape index (κ1) is 14.0. The Hall–Kier alpha value is -0.0800. The van der Waals surface area contributed by atoms with Gasteiger partial charge in [0.15, 0.2) is 0 Å². The summed E-state index contributed by atoms with van der Waals surface area (Å²) in [5.74, 6) is 0.798. The minimum Gasteiger partial charge on any atom is -0.382 e. The zero-order valence-electron chi connectivity index (χ0n) is 11.8. The quantitative estimate of drug-likeness (QED) is 0.686. The fourth-order valence-electron chi connectivity index (χ4n) is 3.84. The topological polar surface area (TPSA) is 18.5 Å². The normalized spacial score (nSPS) is 32.6. The molecule has 0 saturated heterocycles. The van der Waals surface area contributed by atoms with Crippen molar-refractivity contribution in [1.82, 2.24) is 0 Å². The summed E-state index contributed by atoms with van der Waals surface area (Å²) in [5.41, 5.74) is 0.545. The van der Waals surface area contributed by atoms with Gasteiger partial charge in [-0.3, -0.25) is 0 Å². The van der Waals surface area contributed by atoms with Crippen molar-refractivity contribution in [1.29, 1.82) is 0 Å². The Kier molecular flexibility index (Phi) is 4.42. The Morgan fingerprint density at radius 1 is 1.00 bits per heavy atom. The molecular formula is C14H28O2. The van der Waals surface area contributed by atoms with Crippen LogP contribution in [-0.2, 0) is 9.47 Å². The minimum absolute atomic E-state index is 0.273. The van der Waals surface area contributed by atoms with Crippen molar-refractivity contribution in [2.75, 3.05) is 20.3 Å². The molecule has 2 heteroatoms. The third-order valence-corrected chi connectivity index (χ3v) is 3.74. The maximum Gasteiger partial charge on any atom is 0.0704 e. The van der Waals surface area contributed by atoms with Gasteiger partial charge in [0.1, 0.15) is 0 Å². The Balaban J connectivity index is 2.68. The average molecular weight is 228 g/mol. The van der Waals surface area contributed by atoms with E-state index in [0.717, 1.165) is 5.92 Å². The Labute approximate surface area is 101 Å². The molecule has 1 saturated carbocycles. The first-order valence-corrected chi connectivity index (χ1v) is 6.40. The second kappa shape index (κ2) is 5.05. The third-order valence-electron chi connectivity index (χ3n) is 3.74. The van der Waals surface area contributed by atoms with Crippen LogP contribution in [0.25, 0.3) is 0 Å². The smallest absolute Gasteiger partial charge is 0.0704 e. The van der Waals surface area contributed by atoms with Crippen LogP contribution in [-0.4, -0.2) is 26.4 Å². The molecule has 0 heterocycles. The van der Waals surface area contributed by atoms with E-state index in [1.807, 2.05) is 0 Å². The molecule has 0 aromatic heterocycles. The van der Waals surface area contributed by atoms with E-state index < -0.39 is 0 Å². The van der Waals surface area contributed by atoms with E-state index in [-0.39, 0.29) is 10.8 Å². The lowest BCUT2D eigenvalue weighted by Gasteiger charge is -2.51. The molecule has 0 N–H and O–H groups in total. The second-order valence-electron chi connectivity index (χ2n) is 6.73. The zero-order chi connectivity index (χ0) is 12.4. The van der Waals surface area contributed by atoms with Gasteiger partial charge in [-0.25, -0.2) is 0 Å². The van der Waals surface area contributed by atoms with Gasteiger partial charge in [0.25, 0.3) is 0 Å². The third kappa shape index (κ3) is 3.21. The highest BCUT2D eigenvalue weighted by atomic mass is 16.5. The van der Waals surface area contributed by atoms with Crippen molar-refractivity contribution in [3.05, 3.63) is 0 Å². The van der Waals surface area contributed by atoms with Gasteiger partial charge >= 0.3 is 0 Å². The van der Waals surface area contributed by atoms with Crippen LogP contribution in [0.1, 0.15) is 47.5 Å². The molecule has 16 heavy (non-hydrogen) atoms. The highest BCUT2D eigenvalue weighted by Gasteiger charge is 2.46. The largest absolute Gasteiger partial charge is 0.382 e. The van der Waals surface area contributed by atoms with Crippen LogP contribution >= 0.6 is 0 Å². The zero-order valence-corrected chi connectivity index (χ0v) is 11.8. The van der Waals surface area contributed by atoms with E-state index in [9.17, 15) is 0 Å². The van der Waals surface area contributed by atoms with Crippen molar-refractivity contribution in [2.45, 2.75) is 53.6 Å². The Bertz CT molecular complexity index is 203. The summed E-state index contributed by atoms with van der Waals surface area (Å²) in [5, 5.41) is 0. The van der Waals surface area contributed by atoms with Gasteiger partial charge in [0.2, 0.25) is 0 Å². The van der Waals surface area contributed by atoms with Crippen molar-refractivity contribution in [2.24, 2.45) is 16.7 Å². The van der Waals surface area contributed by atoms with Gasteiger partial charge in [0.05, 0.1) is 19.3 Å². The maximum absolute atomic E-state index is 6.08. The van der Waals surface area contributed by atoms with Crippen LogP contribution in [0.4, 0.5) is 0 Å². The fraction of sp³-hybridized carbons (Fsp3) is 1.00. The van der Waals surface area contributed by atoms with E-state index in [0.29, 0.717) is 19.3 Å². The van der Waals surface area contributed by atoms with E-state index in [1.165, 1.54) is 12.8 Å². The van der Waals surface area contributed by atoms with Gasteiger partial charge in [-0.2, -0.15) is 0 Å². The molecular weight excluding hydrogens is 200 g/mol. The predicted molar refractivity (Wildman–Crippen MR) is 67.6 cm³/mol. The molecule has 0 atom stereocenters. The first-order valence-electron chi connectivity index (χ1n) is 6.40. The lowest BCUT2D eigenvalue weighted by Crippen LogP contribution is -2.49. The van der Waals surface area contributed by atoms with E-state index in [2.05, 4.69) is 34.6 Å².